The average molecular weight is 372 g/mol. The number of sulfone groups is 1. The molecule has 1 saturated heterocycles. The zero-order chi connectivity index (χ0) is 18.2. The Morgan fingerprint density at radius 1 is 0.962 bits per heavy atom. The summed E-state index contributed by atoms with van der Waals surface area (Å²) in [5, 5.41) is 0. The van der Waals surface area contributed by atoms with Gasteiger partial charge in [-0.2, -0.15) is 0 Å². The first-order valence-electron chi connectivity index (χ1n) is 9.33. The van der Waals surface area contributed by atoms with E-state index in [1.807, 2.05) is 6.20 Å². The molecule has 1 aromatic heterocycles. The number of aromatic nitrogens is 2. The lowest BCUT2D eigenvalue weighted by Crippen LogP contribution is -2.39. The van der Waals surface area contributed by atoms with Crippen LogP contribution in [-0.2, 0) is 9.84 Å². The van der Waals surface area contributed by atoms with E-state index >= 15 is 0 Å². The Kier molecular flexibility index (Phi) is 4.47. The Morgan fingerprint density at radius 2 is 1.62 bits per heavy atom. The third-order valence-electron chi connectivity index (χ3n) is 6.01. The lowest BCUT2D eigenvalue weighted by molar-refractivity contribution is 0.226. The van der Waals surface area contributed by atoms with E-state index in [9.17, 15) is 8.42 Å². The highest BCUT2D eigenvalue weighted by Crippen LogP contribution is 2.46. The van der Waals surface area contributed by atoms with Crippen LogP contribution in [0.5, 0.6) is 0 Å². The van der Waals surface area contributed by atoms with Gasteiger partial charge in [-0.05, 0) is 43.2 Å². The summed E-state index contributed by atoms with van der Waals surface area (Å²) in [5.41, 5.74) is 2.25. The number of rotatable bonds is 3. The number of benzene rings is 1. The highest BCUT2D eigenvalue weighted by atomic mass is 32.2. The normalized spacial score (nSPS) is 19.8. The summed E-state index contributed by atoms with van der Waals surface area (Å²) < 4.78 is 23.2. The monoisotopic (exact) mass is 371 g/mol. The van der Waals surface area contributed by atoms with Crippen LogP contribution in [0, 0.1) is 5.41 Å². The molecule has 1 aliphatic carbocycles. The topological polar surface area (TPSA) is 63.2 Å². The minimum atomic E-state index is -3.18. The van der Waals surface area contributed by atoms with Crippen LogP contribution >= 0.6 is 0 Å². The molecule has 1 saturated carbocycles. The van der Waals surface area contributed by atoms with Crippen LogP contribution in [0.4, 0.5) is 5.82 Å². The van der Waals surface area contributed by atoms with Crippen molar-refractivity contribution < 1.29 is 8.42 Å². The van der Waals surface area contributed by atoms with E-state index < -0.39 is 9.84 Å². The SMILES string of the molecule is CS(=O)(=O)c1ccc(-c2cncc(N3CCC4(CCCC4)CC3)n2)cc1. The van der Waals surface area contributed by atoms with Gasteiger partial charge in [-0.25, -0.2) is 13.4 Å². The first-order chi connectivity index (χ1) is 12.5. The standard InChI is InChI=1S/C20H25N3O2S/c1-26(24,25)17-6-4-16(5-7-17)18-14-21-15-19(22-18)23-12-10-20(11-13-23)8-2-3-9-20/h4-7,14-15H,2-3,8-13H2,1H3. The van der Waals surface area contributed by atoms with Crippen molar-refractivity contribution in [2.24, 2.45) is 5.41 Å². The van der Waals surface area contributed by atoms with E-state index in [1.54, 1.807) is 30.5 Å². The van der Waals surface area contributed by atoms with Gasteiger partial charge in [0, 0.05) is 24.9 Å². The molecule has 2 aromatic rings. The summed E-state index contributed by atoms with van der Waals surface area (Å²) in [4.78, 5) is 11.8. The van der Waals surface area contributed by atoms with Gasteiger partial charge in [-0.15, -0.1) is 0 Å². The molecule has 0 atom stereocenters. The number of hydrogen-bond donors (Lipinski definition) is 0. The average Bonchev–Trinajstić information content (AvgIpc) is 3.10. The third-order valence-corrected chi connectivity index (χ3v) is 7.14. The Balaban J connectivity index is 1.52. The second kappa shape index (κ2) is 6.65. The fourth-order valence-electron chi connectivity index (χ4n) is 4.36. The van der Waals surface area contributed by atoms with Gasteiger partial charge in [0.25, 0.3) is 0 Å². The van der Waals surface area contributed by atoms with E-state index in [-0.39, 0.29) is 0 Å². The zero-order valence-electron chi connectivity index (χ0n) is 15.2. The van der Waals surface area contributed by atoms with Crippen LogP contribution in [-0.4, -0.2) is 37.7 Å². The van der Waals surface area contributed by atoms with Crippen LogP contribution in [0.3, 0.4) is 0 Å². The molecule has 1 spiro atoms. The van der Waals surface area contributed by atoms with Gasteiger partial charge in [-0.1, -0.05) is 25.0 Å². The maximum atomic E-state index is 11.6. The van der Waals surface area contributed by atoms with Gasteiger partial charge in [0.15, 0.2) is 9.84 Å². The van der Waals surface area contributed by atoms with Crippen LogP contribution in [0.2, 0.25) is 0 Å². The second-order valence-electron chi connectivity index (χ2n) is 7.75. The van der Waals surface area contributed by atoms with Gasteiger partial charge in [0.2, 0.25) is 0 Å². The molecule has 138 valence electrons. The lowest BCUT2D eigenvalue weighted by atomic mass is 9.77. The lowest BCUT2D eigenvalue weighted by Gasteiger charge is -2.39. The van der Waals surface area contributed by atoms with Crippen molar-refractivity contribution in [3.8, 4) is 11.3 Å². The Bertz CT molecular complexity index is 878. The molecule has 26 heavy (non-hydrogen) atoms. The summed E-state index contributed by atoms with van der Waals surface area (Å²) in [5.74, 6) is 0.919. The van der Waals surface area contributed by atoms with Gasteiger partial charge < -0.3 is 4.90 Å². The van der Waals surface area contributed by atoms with Gasteiger partial charge in [0.05, 0.1) is 23.0 Å². The van der Waals surface area contributed by atoms with Crippen molar-refractivity contribution >= 4 is 15.7 Å². The largest absolute Gasteiger partial charge is 0.355 e. The first-order valence-corrected chi connectivity index (χ1v) is 11.2. The van der Waals surface area contributed by atoms with E-state index in [4.69, 9.17) is 4.98 Å². The van der Waals surface area contributed by atoms with Crippen molar-refractivity contribution in [2.45, 2.75) is 43.4 Å². The summed E-state index contributed by atoms with van der Waals surface area (Å²) in [6, 6.07) is 6.86. The summed E-state index contributed by atoms with van der Waals surface area (Å²) >= 11 is 0. The molecule has 0 N–H and O–H groups in total. The molecule has 6 heteroatoms. The smallest absolute Gasteiger partial charge is 0.175 e. The predicted octanol–water partition coefficient (Wildman–Crippen LogP) is 3.71. The molecule has 2 aliphatic rings. The maximum absolute atomic E-state index is 11.6. The zero-order valence-corrected chi connectivity index (χ0v) is 16.0. The minimum Gasteiger partial charge on any atom is -0.355 e. The summed E-state index contributed by atoms with van der Waals surface area (Å²) in [6.07, 6.45) is 12.8. The van der Waals surface area contributed by atoms with Crippen molar-refractivity contribution in [3.05, 3.63) is 36.7 Å². The molecular weight excluding hydrogens is 346 g/mol. The number of piperidine rings is 1. The molecular formula is C20H25N3O2S. The third kappa shape index (κ3) is 3.47. The van der Waals surface area contributed by atoms with Crippen LogP contribution < -0.4 is 4.90 Å². The van der Waals surface area contributed by atoms with Crippen LogP contribution in [0.25, 0.3) is 11.3 Å². The number of hydrogen-bond acceptors (Lipinski definition) is 5. The fourth-order valence-corrected chi connectivity index (χ4v) is 4.99. The molecule has 0 amide bonds. The summed E-state index contributed by atoms with van der Waals surface area (Å²) in [7, 11) is -3.18. The van der Waals surface area contributed by atoms with E-state index in [2.05, 4.69) is 9.88 Å². The summed E-state index contributed by atoms with van der Waals surface area (Å²) in [6.45, 7) is 2.09. The van der Waals surface area contributed by atoms with Crippen molar-refractivity contribution in [1.82, 2.24) is 9.97 Å². The first kappa shape index (κ1) is 17.5. The van der Waals surface area contributed by atoms with Gasteiger partial charge in [0.1, 0.15) is 5.82 Å². The van der Waals surface area contributed by atoms with E-state index in [1.165, 1.54) is 44.8 Å². The number of anilines is 1. The van der Waals surface area contributed by atoms with E-state index in [0.717, 1.165) is 30.2 Å². The highest BCUT2D eigenvalue weighted by Gasteiger charge is 2.37. The van der Waals surface area contributed by atoms with Crippen molar-refractivity contribution in [2.75, 3.05) is 24.2 Å². The number of nitrogens with zero attached hydrogens (tertiary/aromatic N) is 3. The van der Waals surface area contributed by atoms with Gasteiger partial charge in [-0.3, -0.25) is 4.98 Å². The Hall–Kier alpha value is -1.95. The molecule has 1 aliphatic heterocycles. The minimum absolute atomic E-state index is 0.322. The highest BCUT2D eigenvalue weighted by molar-refractivity contribution is 7.90. The van der Waals surface area contributed by atoms with Crippen molar-refractivity contribution in [1.29, 1.82) is 0 Å². The van der Waals surface area contributed by atoms with Crippen LogP contribution in [0.1, 0.15) is 38.5 Å². The van der Waals surface area contributed by atoms with Crippen LogP contribution in [0.15, 0.2) is 41.6 Å². The predicted molar refractivity (Wildman–Crippen MR) is 103 cm³/mol. The molecule has 0 unspecified atom stereocenters. The maximum Gasteiger partial charge on any atom is 0.175 e. The molecule has 4 rings (SSSR count). The molecule has 0 radical (unpaired) electrons. The fraction of sp³-hybridized carbons (Fsp3) is 0.500. The molecule has 2 fully saturated rings. The van der Waals surface area contributed by atoms with E-state index in [0.29, 0.717) is 10.3 Å². The van der Waals surface area contributed by atoms with Gasteiger partial charge >= 0.3 is 0 Å². The molecule has 0 bridgehead atoms. The Morgan fingerprint density at radius 3 is 2.23 bits per heavy atom. The van der Waals surface area contributed by atoms with Crippen molar-refractivity contribution in [3.63, 3.8) is 0 Å². The molecule has 1 aromatic carbocycles. The molecule has 5 nitrogen and oxygen atoms in total. The second-order valence-corrected chi connectivity index (χ2v) is 9.77. The quantitative estimate of drug-likeness (QED) is 0.823. The Labute approximate surface area is 155 Å². The molecule has 2 heterocycles.